The lowest BCUT2D eigenvalue weighted by atomic mass is 10.1. The number of guanidine groups is 1. The molecule has 0 radical (unpaired) electrons. The smallest absolute Gasteiger partial charge is 0.213 e. The fourth-order valence-corrected chi connectivity index (χ4v) is 3.97. The number of benzene rings is 1. The molecule has 0 amide bonds. The molecule has 0 saturated carbocycles. The summed E-state index contributed by atoms with van der Waals surface area (Å²) in [5.74, 6) is 2.33. The summed E-state index contributed by atoms with van der Waals surface area (Å²) in [6.45, 7) is 2.77. The summed E-state index contributed by atoms with van der Waals surface area (Å²) in [7, 11) is 1.86. The molecule has 2 heterocycles. The van der Waals surface area contributed by atoms with Crippen LogP contribution < -0.4 is 10.1 Å². The predicted molar refractivity (Wildman–Crippen MR) is 119 cm³/mol. The minimum absolute atomic E-state index is 0. The fourth-order valence-electron chi connectivity index (χ4n) is 3.97. The average Bonchev–Trinajstić information content (AvgIpc) is 3.30. The molecule has 1 saturated heterocycles. The zero-order chi connectivity index (χ0) is 17.8. The predicted octanol–water partition coefficient (Wildman–Crippen LogP) is 3.14. The standard InChI is InChI=1S/C21H26N4O.HI/c1-22-21(24-14-16-12-17-6-2-3-7-18(17)13-16)25-11-9-19(15-25)26-20-8-4-5-10-23-20;/h2-8,10,16,19H,9,11-15H2,1H3,(H,22,24);1H. The molecule has 6 heteroatoms. The number of pyridine rings is 1. The zero-order valence-electron chi connectivity index (χ0n) is 15.7. The summed E-state index contributed by atoms with van der Waals surface area (Å²) in [5, 5.41) is 3.58. The number of aliphatic imine (C=N–C) groups is 1. The number of likely N-dealkylation sites (tertiary alicyclic amines) is 1. The number of rotatable bonds is 4. The maximum absolute atomic E-state index is 5.98. The molecule has 27 heavy (non-hydrogen) atoms. The Bertz CT molecular complexity index is 743. The van der Waals surface area contributed by atoms with Crippen LogP contribution in [0.2, 0.25) is 0 Å². The zero-order valence-corrected chi connectivity index (χ0v) is 18.0. The van der Waals surface area contributed by atoms with Gasteiger partial charge in [0.05, 0.1) is 6.54 Å². The van der Waals surface area contributed by atoms with Crippen molar-refractivity contribution in [2.24, 2.45) is 10.9 Å². The third-order valence-corrected chi connectivity index (χ3v) is 5.27. The minimum atomic E-state index is 0. The molecule has 1 N–H and O–H groups in total. The van der Waals surface area contributed by atoms with Crippen molar-refractivity contribution in [3.8, 4) is 5.88 Å². The summed E-state index contributed by atoms with van der Waals surface area (Å²) in [6.07, 6.45) is 5.24. The van der Waals surface area contributed by atoms with Gasteiger partial charge < -0.3 is 15.0 Å². The van der Waals surface area contributed by atoms with Gasteiger partial charge in [-0.2, -0.15) is 0 Å². The van der Waals surface area contributed by atoms with Gasteiger partial charge in [0.15, 0.2) is 5.96 Å². The first-order valence-corrected chi connectivity index (χ1v) is 9.42. The third-order valence-electron chi connectivity index (χ3n) is 5.27. The Balaban J connectivity index is 0.00000210. The highest BCUT2D eigenvalue weighted by molar-refractivity contribution is 14.0. The number of ether oxygens (including phenoxy) is 1. The number of hydrogen-bond donors (Lipinski definition) is 1. The largest absolute Gasteiger partial charge is 0.472 e. The summed E-state index contributed by atoms with van der Waals surface area (Å²) < 4.78 is 5.98. The molecule has 1 aliphatic heterocycles. The molecule has 144 valence electrons. The highest BCUT2D eigenvalue weighted by Gasteiger charge is 2.27. The van der Waals surface area contributed by atoms with Crippen molar-refractivity contribution in [3.63, 3.8) is 0 Å². The van der Waals surface area contributed by atoms with Gasteiger partial charge in [0.2, 0.25) is 5.88 Å². The second-order valence-corrected chi connectivity index (χ2v) is 7.11. The molecule has 1 unspecified atom stereocenters. The van der Waals surface area contributed by atoms with Crippen molar-refractivity contribution in [2.75, 3.05) is 26.7 Å². The molecular weight excluding hydrogens is 451 g/mol. The van der Waals surface area contributed by atoms with E-state index in [1.807, 2.05) is 25.2 Å². The Kier molecular flexibility index (Phi) is 6.93. The van der Waals surface area contributed by atoms with Crippen molar-refractivity contribution < 1.29 is 4.74 Å². The Morgan fingerprint density at radius 1 is 1.19 bits per heavy atom. The lowest BCUT2D eigenvalue weighted by Gasteiger charge is -2.23. The van der Waals surface area contributed by atoms with E-state index in [0.29, 0.717) is 11.8 Å². The Hall–Kier alpha value is -1.83. The van der Waals surface area contributed by atoms with Crippen LogP contribution in [0.25, 0.3) is 0 Å². The van der Waals surface area contributed by atoms with Gasteiger partial charge in [0.1, 0.15) is 6.10 Å². The van der Waals surface area contributed by atoms with E-state index in [1.165, 1.54) is 11.1 Å². The van der Waals surface area contributed by atoms with E-state index in [4.69, 9.17) is 4.74 Å². The molecule has 1 aromatic heterocycles. The molecule has 1 atom stereocenters. The van der Waals surface area contributed by atoms with E-state index in [-0.39, 0.29) is 30.1 Å². The number of nitrogens with zero attached hydrogens (tertiary/aromatic N) is 3. The summed E-state index contributed by atoms with van der Waals surface area (Å²) in [4.78, 5) is 11.0. The van der Waals surface area contributed by atoms with Gasteiger partial charge in [-0.15, -0.1) is 24.0 Å². The lowest BCUT2D eigenvalue weighted by molar-refractivity contribution is 0.205. The molecule has 4 rings (SSSR count). The molecular formula is C21H27IN4O. The lowest BCUT2D eigenvalue weighted by Crippen LogP contribution is -2.42. The topological polar surface area (TPSA) is 49.8 Å². The van der Waals surface area contributed by atoms with Gasteiger partial charge in [0.25, 0.3) is 0 Å². The number of aromatic nitrogens is 1. The minimum Gasteiger partial charge on any atom is -0.472 e. The van der Waals surface area contributed by atoms with Crippen LogP contribution in [0, 0.1) is 5.92 Å². The molecule has 0 bridgehead atoms. The first-order chi connectivity index (χ1) is 12.8. The molecule has 5 nitrogen and oxygen atoms in total. The van der Waals surface area contributed by atoms with Crippen LogP contribution in [0.15, 0.2) is 53.7 Å². The number of fused-ring (bicyclic) bond motifs is 1. The number of hydrogen-bond acceptors (Lipinski definition) is 3. The Morgan fingerprint density at radius 3 is 2.59 bits per heavy atom. The van der Waals surface area contributed by atoms with Gasteiger partial charge in [-0.3, -0.25) is 4.99 Å². The summed E-state index contributed by atoms with van der Waals surface area (Å²) in [5.41, 5.74) is 3.00. The van der Waals surface area contributed by atoms with Crippen molar-refractivity contribution in [2.45, 2.75) is 25.4 Å². The van der Waals surface area contributed by atoms with Crippen LogP contribution in [-0.2, 0) is 12.8 Å². The maximum atomic E-state index is 5.98. The van der Waals surface area contributed by atoms with Crippen LogP contribution in [-0.4, -0.2) is 48.6 Å². The van der Waals surface area contributed by atoms with Crippen molar-refractivity contribution >= 4 is 29.9 Å². The SMILES string of the molecule is CN=C(NCC1Cc2ccccc2C1)N1CCC(Oc2ccccn2)C1.I. The number of nitrogens with one attached hydrogen (secondary N) is 1. The normalized spacial score (nSPS) is 19.5. The van der Waals surface area contributed by atoms with Crippen LogP contribution in [0.3, 0.4) is 0 Å². The molecule has 2 aromatic rings. The molecule has 1 aliphatic carbocycles. The van der Waals surface area contributed by atoms with Crippen molar-refractivity contribution in [1.29, 1.82) is 0 Å². The van der Waals surface area contributed by atoms with Crippen molar-refractivity contribution in [1.82, 2.24) is 15.2 Å². The number of halogens is 1. The summed E-state index contributed by atoms with van der Waals surface area (Å²) in [6, 6.07) is 14.6. The Labute approximate surface area is 178 Å². The quantitative estimate of drug-likeness (QED) is 0.417. The van der Waals surface area contributed by atoms with E-state index in [9.17, 15) is 0 Å². The van der Waals surface area contributed by atoms with E-state index in [0.717, 1.165) is 44.9 Å². The van der Waals surface area contributed by atoms with Crippen LogP contribution in [0.1, 0.15) is 17.5 Å². The van der Waals surface area contributed by atoms with E-state index in [1.54, 1.807) is 6.20 Å². The highest BCUT2D eigenvalue weighted by atomic mass is 127. The third kappa shape index (κ3) is 4.91. The van der Waals surface area contributed by atoms with Gasteiger partial charge in [-0.05, 0) is 36.0 Å². The molecule has 0 spiro atoms. The second kappa shape index (κ2) is 9.39. The monoisotopic (exact) mass is 478 g/mol. The fraction of sp³-hybridized carbons (Fsp3) is 0.429. The maximum Gasteiger partial charge on any atom is 0.213 e. The van der Waals surface area contributed by atoms with Gasteiger partial charge in [0, 0.05) is 38.8 Å². The molecule has 1 aromatic carbocycles. The van der Waals surface area contributed by atoms with Gasteiger partial charge >= 0.3 is 0 Å². The molecule has 1 fully saturated rings. The molecule has 2 aliphatic rings. The second-order valence-electron chi connectivity index (χ2n) is 7.11. The van der Waals surface area contributed by atoms with E-state index >= 15 is 0 Å². The van der Waals surface area contributed by atoms with Crippen LogP contribution >= 0.6 is 24.0 Å². The first kappa shape index (κ1) is 19.9. The van der Waals surface area contributed by atoms with Crippen molar-refractivity contribution in [3.05, 3.63) is 59.8 Å². The average molecular weight is 478 g/mol. The Morgan fingerprint density at radius 2 is 1.93 bits per heavy atom. The first-order valence-electron chi connectivity index (χ1n) is 9.42. The van der Waals surface area contributed by atoms with Gasteiger partial charge in [-0.1, -0.05) is 30.3 Å². The highest BCUT2D eigenvalue weighted by Crippen LogP contribution is 2.26. The summed E-state index contributed by atoms with van der Waals surface area (Å²) >= 11 is 0. The van der Waals surface area contributed by atoms with E-state index < -0.39 is 0 Å². The van der Waals surface area contributed by atoms with Gasteiger partial charge in [-0.25, -0.2) is 4.98 Å². The van der Waals surface area contributed by atoms with Crippen LogP contribution in [0.5, 0.6) is 5.88 Å². The van der Waals surface area contributed by atoms with Crippen LogP contribution in [0.4, 0.5) is 0 Å². The van der Waals surface area contributed by atoms with E-state index in [2.05, 4.69) is 44.5 Å².